The van der Waals surface area contributed by atoms with Crippen molar-refractivity contribution in [2.45, 2.75) is 45.1 Å². The first-order valence-corrected chi connectivity index (χ1v) is 12.0. The van der Waals surface area contributed by atoms with E-state index in [-0.39, 0.29) is 5.92 Å². The van der Waals surface area contributed by atoms with Crippen LogP contribution < -0.4 is 4.74 Å². The topological polar surface area (TPSA) is 32.8 Å². The van der Waals surface area contributed by atoms with Gasteiger partial charge < -0.3 is 14.5 Å². The molecule has 1 atom stereocenters. The Kier molecular flexibility index (Phi) is 6.21. The molecule has 3 aliphatic rings. The minimum absolute atomic E-state index is 0.251. The van der Waals surface area contributed by atoms with E-state index in [1.807, 2.05) is 24.1 Å². The quantitative estimate of drug-likeness (QED) is 0.724. The summed E-state index contributed by atoms with van der Waals surface area (Å²) in [6, 6.07) is 8.89. The highest BCUT2D eigenvalue weighted by molar-refractivity contribution is 7.99. The van der Waals surface area contributed by atoms with Gasteiger partial charge in [-0.05, 0) is 81.2 Å². The number of thioether (sulfide) groups is 1. The fourth-order valence-electron chi connectivity index (χ4n) is 4.95. The van der Waals surface area contributed by atoms with Gasteiger partial charge in [0.1, 0.15) is 12.4 Å². The number of aryl methyl sites for hydroxylation is 1. The Morgan fingerprint density at radius 2 is 1.89 bits per heavy atom. The number of carbonyl (C=O) groups is 1. The van der Waals surface area contributed by atoms with Crippen LogP contribution in [0.1, 0.15) is 37.7 Å². The van der Waals surface area contributed by atoms with Gasteiger partial charge in [0.15, 0.2) is 0 Å². The minimum Gasteiger partial charge on any atom is -0.492 e. The van der Waals surface area contributed by atoms with Gasteiger partial charge in [0.05, 0.1) is 6.54 Å². The molecule has 1 aromatic rings. The zero-order valence-corrected chi connectivity index (χ0v) is 18.2. The molecule has 0 bridgehead atoms. The molecule has 3 fully saturated rings. The molecule has 0 aromatic heterocycles. The Morgan fingerprint density at radius 1 is 1.21 bits per heavy atom. The Hall–Kier alpha value is -1.20. The summed E-state index contributed by atoms with van der Waals surface area (Å²) in [4.78, 5) is 17.5. The molecule has 5 heteroatoms. The van der Waals surface area contributed by atoms with Crippen LogP contribution in [-0.2, 0) is 4.79 Å². The SMILES string of the molecule is Cc1ccc(OCCN(C)C(=O)[C@H]2CC23CCN(C2CCSCC2)CC3)cc1. The number of ether oxygens (including phenoxy) is 1. The monoisotopic (exact) mass is 402 g/mol. The average molecular weight is 403 g/mol. The van der Waals surface area contributed by atoms with Crippen LogP contribution in [0.5, 0.6) is 5.75 Å². The van der Waals surface area contributed by atoms with Gasteiger partial charge in [-0.3, -0.25) is 4.79 Å². The predicted molar refractivity (Wildman–Crippen MR) is 116 cm³/mol. The molecular formula is C23H34N2O2S. The van der Waals surface area contributed by atoms with E-state index in [4.69, 9.17) is 4.74 Å². The van der Waals surface area contributed by atoms with Gasteiger partial charge in [-0.2, -0.15) is 11.8 Å². The van der Waals surface area contributed by atoms with E-state index < -0.39 is 0 Å². The molecule has 1 amide bonds. The lowest BCUT2D eigenvalue weighted by Crippen LogP contribution is -2.44. The number of hydrogen-bond donors (Lipinski definition) is 0. The van der Waals surface area contributed by atoms with Crippen LogP contribution in [0.3, 0.4) is 0 Å². The largest absolute Gasteiger partial charge is 0.492 e. The van der Waals surface area contributed by atoms with Crippen LogP contribution in [0.4, 0.5) is 0 Å². The van der Waals surface area contributed by atoms with Crippen molar-refractivity contribution in [3.63, 3.8) is 0 Å². The lowest BCUT2D eigenvalue weighted by Gasteiger charge is -2.40. The maximum Gasteiger partial charge on any atom is 0.226 e. The summed E-state index contributed by atoms with van der Waals surface area (Å²) in [6.45, 7) is 5.67. The zero-order chi connectivity index (χ0) is 19.6. The van der Waals surface area contributed by atoms with Crippen molar-refractivity contribution >= 4 is 17.7 Å². The van der Waals surface area contributed by atoms with E-state index in [0.29, 0.717) is 24.5 Å². The first kappa shape index (κ1) is 20.1. The number of benzene rings is 1. The van der Waals surface area contributed by atoms with Crippen LogP contribution in [0.2, 0.25) is 0 Å². The van der Waals surface area contributed by atoms with Crippen LogP contribution >= 0.6 is 11.8 Å². The molecule has 1 spiro atoms. The third-order valence-electron chi connectivity index (χ3n) is 7.08. The summed E-state index contributed by atoms with van der Waals surface area (Å²) in [5, 5.41) is 0. The fraction of sp³-hybridized carbons (Fsp3) is 0.696. The van der Waals surface area contributed by atoms with Gasteiger partial charge >= 0.3 is 0 Å². The second-order valence-electron chi connectivity index (χ2n) is 8.92. The van der Waals surface area contributed by atoms with E-state index in [9.17, 15) is 4.79 Å². The van der Waals surface area contributed by atoms with Crippen molar-refractivity contribution in [2.75, 3.05) is 44.8 Å². The van der Waals surface area contributed by atoms with Crippen molar-refractivity contribution in [1.29, 1.82) is 0 Å². The number of rotatable bonds is 6. The number of likely N-dealkylation sites (tertiary alicyclic amines) is 1. The summed E-state index contributed by atoms with van der Waals surface area (Å²) in [5.74, 6) is 4.10. The Morgan fingerprint density at radius 3 is 2.57 bits per heavy atom. The summed E-state index contributed by atoms with van der Waals surface area (Å²) < 4.78 is 5.80. The van der Waals surface area contributed by atoms with Crippen molar-refractivity contribution in [2.24, 2.45) is 11.3 Å². The average Bonchev–Trinajstić information content (AvgIpc) is 3.43. The standard InChI is InChI=1S/C23H34N2O2S/c1-18-3-5-20(6-4-18)27-14-13-24(2)22(26)21-17-23(21)9-11-25(12-10-23)19-7-15-28-16-8-19/h3-6,19,21H,7-17H2,1-2H3/t21-/m1/s1. The highest BCUT2D eigenvalue weighted by Gasteiger charge is 2.59. The molecule has 1 saturated carbocycles. The first-order valence-electron chi connectivity index (χ1n) is 10.8. The third kappa shape index (κ3) is 4.51. The van der Waals surface area contributed by atoms with Gasteiger partial charge in [-0.15, -0.1) is 0 Å². The molecule has 1 aromatic carbocycles. The van der Waals surface area contributed by atoms with Crippen molar-refractivity contribution < 1.29 is 9.53 Å². The van der Waals surface area contributed by atoms with Gasteiger partial charge in [-0.1, -0.05) is 17.7 Å². The van der Waals surface area contributed by atoms with E-state index in [1.54, 1.807) is 0 Å². The second-order valence-corrected chi connectivity index (χ2v) is 10.1. The number of amides is 1. The molecule has 2 saturated heterocycles. The van der Waals surface area contributed by atoms with Crippen LogP contribution in [0.25, 0.3) is 0 Å². The highest BCUT2D eigenvalue weighted by Crippen LogP contribution is 2.60. The smallest absolute Gasteiger partial charge is 0.226 e. The van der Waals surface area contributed by atoms with E-state index in [2.05, 4.69) is 35.7 Å². The molecule has 154 valence electrons. The molecule has 28 heavy (non-hydrogen) atoms. The summed E-state index contributed by atoms with van der Waals surface area (Å²) in [5.41, 5.74) is 1.54. The molecule has 0 radical (unpaired) electrons. The highest BCUT2D eigenvalue weighted by atomic mass is 32.2. The van der Waals surface area contributed by atoms with Crippen LogP contribution in [0, 0.1) is 18.3 Å². The van der Waals surface area contributed by atoms with Gasteiger partial charge in [0.25, 0.3) is 0 Å². The maximum absolute atomic E-state index is 12.9. The van der Waals surface area contributed by atoms with Gasteiger partial charge in [0.2, 0.25) is 5.91 Å². The van der Waals surface area contributed by atoms with Gasteiger partial charge in [0, 0.05) is 19.0 Å². The normalized spacial score (nSPS) is 24.9. The number of carbonyl (C=O) groups excluding carboxylic acids is 1. The van der Waals surface area contributed by atoms with Crippen molar-refractivity contribution in [1.82, 2.24) is 9.80 Å². The number of likely N-dealkylation sites (N-methyl/N-ethyl adjacent to an activating group) is 1. The lowest BCUT2D eigenvalue weighted by molar-refractivity contribution is -0.132. The summed E-state index contributed by atoms with van der Waals surface area (Å²) >= 11 is 2.10. The van der Waals surface area contributed by atoms with Crippen molar-refractivity contribution in [3.05, 3.63) is 29.8 Å². The van der Waals surface area contributed by atoms with E-state index in [1.165, 1.54) is 55.8 Å². The molecule has 4 rings (SSSR count). The molecular weight excluding hydrogens is 368 g/mol. The lowest BCUT2D eigenvalue weighted by atomic mass is 9.89. The fourth-order valence-corrected chi connectivity index (χ4v) is 6.03. The molecule has 2 aliphatic heterocycles. The maximum atomic E-state index is 12.9. The van der Waals surface area contributed by atoms with E-state index in [0.717, 1.165) is 18.2 Å². The molecule has 4 nitrogen and oxygen atoms in total. The number of hydrogen-bond acceptors (Lipinski definition) is 4. The summed E-state index contributed by atoms with van der Waals surface area (Å²) in [7, 11) is 1.93. The predicted octanol–water partition coefficient (Wildman–Crippen LogP) is 3.83. The van der Waals surface area contributed by atoms with Gasteiger partial charge in [-0.25, -0.2) is 0 Å². The third-order valence-corrected chi connectivity index (χ3v) is 8.13. The molecule has 0 unspecified atom stereocenters. The van der Waals surface area contributed by atoms with Crippen molar-refractivity contribution in [3.8, 4) is 5.75 Å². The summed E-state index contributed by atoms with van der Waals surface area (Å²) in [6.07, 6.45) is 6.22. The Balaban J connectivity index is 1.20. The number of piperidine rings is 1. The molecule has 1 aliphatic carbocycles. The van der Waals surface area contributed by atoms with Crippen LogP contribution in [-0.4, -0.2) is 66.5 Å². The Labute approximate surface area is 174 Å². The van der Waals surface area contributed by atoms with Crippen LogP contribution in [0.15, 0.2) is 24.3 Å². The molecule has 0 N–H and O–H groups in total. The minimum atomic E-state index is 0.251. The first-order chi connectivity index (χ1) is 13.6. The Bertz CT molecular complexity index is 664. The van der Waals surface area contributed by atoms with E-state index >= 15 is 0 Å². The second kappa shape index (κ2) is 8.66. The zero-order valence-electron chi connectivity index (χ0n) is 17.4. The molecule has 2 heterocycles. The number of nitrogens with zero attached hydrogens (tertiary/aromatic N) is 2.